The Morgan fingerprint density at radius 1 is 1.30 bits per heavy atom. The van der Waals surface area contributed by atoms with Crippen LogP contribution in [-0.4, -0.2) is 21.0 Å². The summed E-state index contributed by atoms with van der Waals surface area (Å²) in [5, 5.41) is 5.01. The first kappa shape index (κ1) is 16.4. The minimum absolute atomic E-state index is 0.0397. The smallest absolute Gasteiger partial charge is 0.333 e. The van der Waals surface area contributed by atoms with Crippen molar-refractivity contribution in [3.8, 4) is 0 Å². The van der Waals surface area contributed by atoms with E-state index in [2.05, 4.69) is 0 Å². The lowest BCUT2D eigenvalue weighted by Gasteiger charge is -2.04. The first-order valence-electron chi connectivity index (χ1n) is 6.33. The number of esters is 1. The summed E-state index contributed by atoms with van der Waals surface area (Å²) in [6, 6.07) is 5.97. The van der Waals surface area contributed by atoms with Gasteiger partial charge in [-0.3, -0.25) is 0 Å². The van der Waals surface area contributed by atoms with Gasteiger partial charge in [0.1, 0.15) is 0 Å². The van der Waals surface area contributed by atoms with Crippen LogP contribution >= 0.6 is 0 Å². The van der Waals surface area contributed by atoms with Crippen LogP contribution in [0.15, 0.2) is 34.7 Å². The van der Waals surface area contributed by atoms with Crippen LogP contribution in [-0.2, 0) is 19.6 Å². The molecule has 1 rings (SSSR count). The number of ether oxygens (including phenoxy) is 1. The Morgan fingerprint density at radius 3 is 2.40 bits per heavy atom. The van der Waals surface area contributed by atoms with Crippen LogP contribution in [0.2, 0.25) is 0 Å². The molecule has 1 aromatic carbocycles. The van der Waals surface area contributed by atoms with E-state index in [1.165, 1.54) is 12.1 Å². The minimum Gasteiger partial charge on any atom is -0.462 e. The van der Waals surface area contributed by atoms with Gasteiger partial charge in [0.15, 0.2) is 0 Å². The summed E-state index contributed by atoms with van der Waals surface area (Å²) in [5.41, 5.74) is 1.17. The molecule has 0 aliphatic rings. The van der Waals surface area contributed by atoms with Crippen molar-refractivity contribution < 1.29 is 17.9 Å². The summed E-state index contributed by atoms with van der Waals surface area (Å²) >= 11 is 0. The number of carbonyl (C=O) groups is 1. The van der Waals surface area contributed by atoms with Gasteiger partial charge in [-0.25, -0.2) is 18.4 Å². The van der Waals surface area contributed by atoms with Crippen molar-refractivity contribution in [1.82, 2.24) is 0 Å². The van der Waals surface area contributed by atoms with Crippen LogP contribution in [0.4, 0.5) is 0 Å². The third-order valence-electron chi connectivity index (χ3n) is 2.64. The highest BCUT2D eigenvalue weighted by Crippen LogP contribution is 2.12. The van der Waals surface area contributed by atoms with Gasteiger partial charge in [0.25, 0.3) is 0 Å². The van der Waals surface area contributed by atoms with Gasteiger partial charge < -0.3 is 4.74 Å². The molecule has 0 spiro atoms. The molecule has 1 aromatic rings. The first-order chi connectivity index (χ1) is 9.34. The van der Waals surface area contributed by atoms with Crippen LogP contribution in [0.3, 0.4) is 0 Å². The van der Waals surface area contributed by atoms with Crippen LogP contribution in [0.25, 0.3) is 6.08 Å². The Kier molecular flexibility index (Phi) is 5.91. The van der Waals surface area contributed by atoms with Gasteiger partial charge in [-0.2, -0.15) is 0 Å². The molecule has 0 atom stereocenters. The SMILES string of the molecule is CCCCOC(=O)/C(C)=C/c1ccc(S(N)(=O)=O)cc1. The van der Waals surface area contributed by atoms with Crippen LogP contribution in [0, 0.1) is 0 Å². The van der Waals surface area contributed by atoms with Crippen LogP contribution in [0.1, 0.15) is 32.3 Å². The van der Waals surface area contributed by atoms with Gasteiger partial charge in [-0.15, -0.1) is 0 Å². The molecule has 5 nitrogen and oxygen atoms in total. The van der Waals surface area contributed by atoms with Gasteiger partial charge in [0, 0.05) is 5.57 Å². The fourth-order valence-electron chi connectivity index (χ4n) is 1.49. The molecule has 0 fully saturated rings. The van der Waals surface area contributed by atoms with Crippen molar-refractivity contribution in [2.24, 2.45) is 5.14 Å². The summed E-state index contributed by atoms with van der Waals surface area (Å²) in [4.78, 5) is 11.7. The lowest BCUT2D eigenvalue weighted by atomic mass is 10.1. The number of hydrogen-bond donors (Lipinski definition) is 1. The molecule has 0 aromatic heterocycles. The standard InChI is InChI=1S/C14H19NO4S/c1-3-4-9-19-14(16)11(2)10-12-5-7-13(8-6-12)20(15,17)18/h5-8,10H,3-4,9H2,1-2H3,(H2,15,17,18)/b11-10+. The molecule has 0 saturated heterocycles. The molecule has 0 aliphatic carbocycles. The Labute approximate surface area is 119 Å². The maximum absolute atomic E-state index is 11.6. The molecular formula is C14H19NO4S. The number of nitrogens with two attached hydrogens (primary N) is 1. The fourth-order valence-corrected chi connectivity index (χ4v) is 2.00. The highest BCUT2D eigenvalue weighted by Gasteiger charge is 2.08. The van der Waals surface area contributed by atoms with Crippen molar-refractivity contribution >= 4 is 22.1 Å². The quantitative estimate of drug-likeness (QED) is 0.495. The van der Waals surface area contributed by atoms with E-state index in [-0.39, 0.29) is 10.9 Å². The second-order valence-electron chi connectivity index (χ2n) is 4.43. The molecule has 0 amide bonds. The van der Waals surface area contributed by atoms with Gasteiger partial charge in [-0.1, -0.05) is 25.5 Å². The lowest BCUT2D eigenvalue weighted by molar-refractivity contribution is -0.138. The summed E-state index contributed by atoms with van der Waals surface area (Å²) in [6.07, 6.45) is 3.44. The molecule has 0 saturated carbocycles. The van der Waals surface area contributed by atoms with Crippen molar-refractivity contribution in [1.29, 1.82) is 0 Å². The number of benzene rings is 1. The van der Waals surface area contributed by atoms with E-state index in [1.807, 2.05) is 6.92 Å². The van der Waals surface area contributed by atoms with Crippen molar-refractivity contribution in [3.05, 3.63) is 35.4 Å². The molecule has 0 radical (unpaired) electrons. The third-order valence-corrected chi connectivity index (χ3v) is 3.57. The average molecular weight is 297 g/mol. The molecular weight excluding hydrogens is 278 g/mol. The highest BCUT2D eigenvalue weighted by atomic mass is 32.2. The van der Waals surface area contributed by atoms with E-state index in [0.717, 1.165) is 12.8 Å². The van der Waals surface area contributed by atoms with E-state index in [1.54, 1.807) is 25.1 Å². The maximum atomic E-state index is 11.6. The summed E-state index contributed by atoms with van der Waals surface area (Å²) in [6.45, 7) is 4.08. The molecule has 6 heteroatoms. The Balaban J connectivity index is 2.76. The zero-order valence-electron chi connectivity index (χ0n) is 11.6. The average Bonchev–Trinajstić information content (AvgIpc) is 2.38. The third kappa shape index (κ3) is 5.14. The molecule has 0 bridgehead atoms. The predicted molar refractivity (Wildman–Crippen MR) is 77.3 cm³/mol. The second-order valence-corrected chi connectivity index (χ2v) is 5.99. The van der Waals surface area contributed by atoms with Gasteiger partial charge in [0.05, 0.1) is 11.5 Å². The van der Waals surface area contributed by atoms with E-state index >= 15 is 0 Å². The lowest BCUT2D eigenvalue weighted by Crippen LogP contribution is -2.11. The topological polar surface area (TPSA) is 86.5 Å². The van der Waals surface area contributed by atoms with Crippen LogP contribution in [0.5, 0.6) is 0 Å². The number of carbonyl (C=O) groups excluding carboxylic acids is 1. The number of hydrogen-bond acceptors (Lipinski definition) is 4. The summed E-state index contributed by atoms with van der Waals surface area (Å²) in [7, 11) is -3.69. The van der Waals surface area contributed by atoms with Gasteiger partial charge in [0.2, 0.25) is 10.0 Å². The predicted octanol–water partition coefficient (Wildman–Crippen LogP) is 2.08. The van der Waals surface area contributed by atoms with E-state index < -0.39 is 10.0 Å². The zero-order valence-corrected chi connectivity index (χ0v) is 12.4. The molecule has 0 heterocycles. The normalized spacial score (nSPS) is 12.2. The van der Waals surface area contributed by atoms with E-state index in [9.17, 15) is 13.2 Å². The number of rotatable bonds is 6. The Bertz CT molecular complexity index is 588. The van der Waals surface area contributed by atoms with Crippen molar-refractivity contribution in [2.75, 3.05) is 6.61 Å². The maximum Gasteiger partial charge on any atom is 0.333 e. The Hall–Kier alpha value is -1.66. The molecule has 0 aliphatic heterocycles. The minimum atomic E-state index is -3.69. The largest absolute Gasteiger partial charge is 0.462 e. The van der Waals surface area contributed by atoms with E-state index in [0.29, 0.717) is 17.7 Å². The summed E-state index contributed by atoms with van der Waals surface area (Å²) < 4.78 is 27.3. The van der Waals surface area contributed by atoms with Gasteiger partial charge in [-0.05, 0) is 37.1 Å². The number of sulfonamides is 1. The van der Waals surface area contributed by atoms with Crippen molar-refractivity contribution in [3.63, 3.8) is 0 Å². The first-order valence-corrected chi connectivity index (χ1v) is 7.87. The highest BCUT2D eigenvalue weighted by molar-refractivity contribution is 7.89. The summed E-state index contributed by atoms with van der Waals surface area (Å²) in [5.74, 6) is -0.367. The van der Waals surface area contributed by atoms with E-state index in [4.69, 9.17) is 9.88 Å². The van der Waals surface area contributed by atoms with Crippen LogP contribution < -0.4 is 5.14 Å². The van der Waals surface area contributed by atoms with Crippen molar-refractivity contribution in [2.45, 2.75) is 31.6 Å². The molecule has 2 N–H and O–H groups in total. The molecule has 110 valence electrons. The molecule has 20 heavy (non-hydrogen) atoms. The monoisotopic (exact) mass is 297 g/mol. The van der Waals surface area contributed by atoms with Gasteiger partial charge >= 0.3 is 5.97 Å². The fraction of sp³-hybridized carbons (Fsp3) is 0.357. The Morgan fingerprint density at radius 2 is 1.90 bits per heavy atom. The second kappa shape index (κ2) is 7.21. The molecule has 0 unspecified atom stereocenters. The zero-order chi connectivity index (χ0) is 15.2. The number of primary sulfonamides is 1. The number of unbranched alkanes of at least 4 members (excludes halogenated alkanes) is 1.